The predicted octanol–water partition coefficient (Wildman–Crippen LogP) is 1.71. The lowest BCUT2D eigenvalue weighted by Crippen LogP contribution is -3.00. The van der Waals surface area contributed by atoms with Gasteiger partial charge in [0.1, 0.15) is 12.9 Å². The Bertz CT molecular complexity index is 1210. The maximum Gasteiger partial charge on any atom is 0.212 e. The Morgan fingerprint density at radius 2 is 1.77 bits per heavy atom. The molecule has 0 unspecified atom stereocenters. The zero-order valence-corrected chi connectivity index (χ0v) is 20.3. The maximum atomic E-state index is 4.50. The summed E-state index contributed by atoms with van der Waals surface area (Å²) in [5.41, 5.74) is 7.17. The van der Waals surface area contributed by atoms with Crippen molar-refractivity contribution < 1.29 is 28.5 Å². The van der Waals surface area contributed by atoms with Crippen LogP contribution in [0.25, 0.3) is 28.9 Å². The standard InChI is InChI=1S/C25H27N4.HI/c1-18-16-20(19(2)29(18)25-8-6-7-15-26-25)9-11-22-12-10-21-17-23(27(3)4)13-14-24(21)28(22)5;/h6-17H,1-5H3;1H/q+1;/p-1. The molecule has 0 aliphatic rings. The summed E-state index contributed by atoms with van der Waals surface area (Å²) in [5, 5.41) is 1.24. The number of hydrogen-bond donors (Lipinski definition) is 0. The van der Waals surface area contributed by atoms with Crippen LogP contribution in [0.15, 0.2) is 60.8 Å². The molecule has 3 heterocycles. The van der Waals surface area contributed by atoms with Crippen molar-refractivity contribution in [2.45, 2.75) is 13.8 Å². The van der Waals surface area contributed by atoms with E-state index in [0.717, 1.165) is 11.5 Å². The summed E-state index contributed by atoms with van der Waals surface area (Å²) in [7, 11) is 6.26. The van der Waals surface area contributed by atoms with Crippen LogP contribution >= 0.6 is 0 Å². The first kappa shape index (κ1) is 22.0. The molecule has 4 nitrogen and oxygen atoms in total. The van der Waals surface area contributed by atoms with Crippen LogP contribution in [0.3, 0.4) is 0 Å². The second kappa shape index (κ2) is 9.00. The second-order valence-corrected chi connectivity index (χ2v) is 7.64. The van der Waals surface area contributed by atoms with Gasteiger partial charge in [-0.25, -0.2) is 4.98 Å². The highest BCUT2D eigenvalue weighted by atomic mass is 127. The molecule has 0 N–H and O–H groups in total. The van der Waals surface area contributed by atoms with Crippen LogP contribution in [-0.4, -0.2) is 23.6 Å². The van der Waals surface area contributed by atoms with Gasteiger partial charge in [0.2, 0.25) is 11.2 Å². The summed E-state index contributed by atoms with van der Waals surface area (Å²) >= 11 is 0. The lowest BCUT2D eigenvalue weighted by Gasteiger charge is -2.12. The van der Waals surface area contributed by atoms with E-state index in [1.165, 1.54) is 33.5 Å². The minimum absolute atomic E-state index is 0. The fourth-order valence-corrected chi connectivity index (χ4v) is 3.82. The van der Waals surface area contributed by atoms with Crippen molar-refractivity contribution in [2.24, 2.45) is 7.05 Å². The third-order valence-corrected chi connectivity index (χ3v) is 5.49. The van der Waals surface area contributed by atoms with Gasteiger partial charge >= 0.3 is 0 Å². The first-order valence-electron chi connectivity index (χ1n) is 9.84. The summed E-state index contributed by atoms with van der Waals surface area (Å²) in [6.45, 7) is 4.27. The van der Waals surface area contributed by atoms with Crippen molar-refractivity contribution >= 4 is 28.7 Å². The summed E-state index contributed by atoms with van der Waals surface area (Å²) in [6, 6.07) is 19.2. The molecule has 0 fully saturated rings. The fraction of sp³-hybridized carbons (Fsp3) is 0.200. The summed E-state index contributed by atoms with van der Waals surface area (Å²) in [6.07, 6.45) is 6.21. The van der Waals surface area contributed by atoms with Gasteiger partial charge in [0.15, 0.2) is 0 Å². The molecule has 0 amide bonds. The largest absolute Gasteiger partial charge is 1.00 e. The van der Waals surface area contributed by atoms with E-state index < -0.39 is 0 Å². The van der Waals surface area contributed by atoms with Crippen molar-refractivity contribution in [3.63, 3.8) is 0 Å². The number of aryl methyl sites for hydroxylation is 2. The molecule has 1 aromatic carbocycles. The van der Waals surface area contributed by atoms with Gasteiger partial charge in [-0.2, -0.15) is 4.57 Å². The van der Waals surface area contributed by atoms with Gasteiger partial charge in [0.25, 0.3) is 0 Å². The molecule has 154 valence electrons. The minimum Gasteiger partial charge on any atom is -1.00 e. The number of halogens is 1. The molecule has 0 radical (unpaired) electrons. The van der Waals surface area contributed by atoms with E-state index in [-0.39, 0.29) is 24.0 Å². The van der Waals surface area contributed by atoms with E-state index in [4.69, 9.17) is 0 Å². The summed E-state index contributed by atoms with van der Waals surface area (Å²) in [5.74, 6) is 0.954. The van der Waals surface area contributed by atoms with Crippen LogP contribution in [0, 0.1) is 13.8 Å². The van der Waals surface area contributed by atoms with Gasteiger partial charge in [-0.15, -0.1) is 0 Å². The van der Waals surface area contributed by atoms with E-state index in [1.807, 2.05) is 24.4 Å². The van der Waals surface area contributed by atoms with Crippen molar-refractivity contribution in [3.05, 3.63) is 83.4 Å². The highest BCUT2D eigenvalue weighted by molar-refractivity contribution is 5.81. The van der Waals surface area contributed by atoms with Crippen LogP contribution in [0.5, 0.6) is 0 Å². The molecular formula is C25H27IN4. The molecule has 4 aromatic rings. The fourth-order valence-electron chi connectivity index (χ4n) is 3.82. The highest BCUT2D eigenvalue weighted by Gasteiger charge is 2.12. The van der Waals surface area contributed by atoms with Crippen LogP contribution in [0.2, 0.25) is 0 Å². The average Bonchev–Trinajstić information content (AvgIpc) is 3.01. The zero-order valence-electron chi connectivity index (χ0n) is 18.1. The minimum atomic E-state index is 0. The number of hydrogen-bond acceptors (Lipinski definition) is 2. The molecule has 30 heavy (non-hydrogen) atoms. The van der Waals surface area contributed by atoms with Gasteiger partial charge < -0.3 is 33.4 Å². The smallest absolute Gasteiger partial charge is 0.212 e. The lowest BCUT2D eigenvalue weighted by atomic mass is 10.1. The Morgan fingerprint density at radius 3 is 2.47 bits per heavy atom. The Labute approximate surface area is 195 Å². The second-order valence-electron chi connectivity index (χ2n) is 7.64. The van der Waals surface area contributed by atoms with Gasteiger partial charge in [-0.05, 0) is 61.9 Å². The molecule has 0 spiro atoms. The lowest BCUT2D eigenvalue weighted by molar-refractivity contribution is -0.646. The van der Waals surface area contributed by atoms with E-state index in [2.05, 4.69) is 103 Å². The third-order valence-electron chi connectivity index (χ3n) is 5.49. The first-order chi connectivity index (χ1) is 14.0. The molecular weight excluding hydrogens is 483 g/mol. The van der Waals surface area contributed by atoms with Crippen molar-refractivity contribution in [3.8, 4) is 5.82 Å². The normalized spacial score (nSPS) is 11.1. The number of nitrogens with zero attached hydrogens (tertiary/aromatic N) is 4. The SMILES string of the molecule is Cc1cc(/C=C/c2ccc3cc(N(C)C)ccc3[n+]2C)c(C)n1-c1ccccn1.[I-]. The third kappa shape index (κ3) is 4.12. The van der Waals surface area contributed by atoms with E-state index in [0.29, 0.717) is 0 Å². The zero-order chi connectivity index (χ0) is 20.5. The molecule has 0 saturated heterocycles. The Hall–Kier alpha value is -2.67. The number of anilines is 1. The van der Waals surface area contributed by atoms with E-state index >= 15 is 0 Å². The molecule has 3 aromatic heterocycles. The van der Waals surface area contributed by atoms with E-state index in [1.54, 1.807) is 0 Å². The monoisotopic (exact) mass is 510 g/mol. The molecule has 5 heteroatoms. The van der Waals surface area contributed by atoms with Crippen molar-refractivity contribution in [2.75, 3.05) is 19.0 Å². The maximum absolute atomic E-state index is 4.50. The van der Waals surface area contributed by atoms with Crippen LogP contribution < -0.4 is 33.4 Å². The molecule has 0 atom stereocenters. The number of fused-ring (bicyclic) bond motifs is 1. The van der Waals surface area contributed by atoms with E-state index in [9.17, 15) is 0 Å². The van der Waals surface area contributed by atoms with Crippen molar-refractivity contribution in [1.29, 1.82) is 0 Å². The van der Waals surface area contributed by atoms with Gasteiger partial charge in [0, 0.05) is 61.0 Å². The number of benzene rings is 1. The Balaban J connectivity index is 0.00000256. The number of rotatable bonds is 4. The Morgan fingerprint density at radius 1 is 0.967 bits per heavy atom. The highest BCUT2D eigenvalue weighted by Crippen LogP contribution is 2.22. The number of pyridine rings is 2. The van der Waals surface area contributed by atoms with Crippen molar-refractivity contribution in [1.82, 2.24) is 9.55 Å². The molecule has 4 rings (SSSR count). The first-order valence-corrected chi connectivity index (χ1v) is 9.84. The van der Waals surface area contributed by atoms with Crippen LogP contribution in [0.4, 0.5) is 5.69 Å². The van der Waals surface area contributed by atoms with Gasteiger partial charge in [0.05, 0.1) is 0 Å². The molecule has 0 aliphatic carbocycles. The average molecular weight is 510 g/mol. The Kier molecular flexibility index (Phi) is 6.61. The summed E-state index contributed by atoms with van der Waals surface area (Å²) < 4.78 is 4.44. The topological polar surface area (TPSA) is 24.9 Å². The quantitative estimate of drug-likeness (QED) is 0.309. The van der Waals surface area contributed by atoms with Crippen LogP contribution in [0.1, 0.15) is 22.6 Å². The molecule has 0 saturated carbocycles. The van der Waals surface area contributed by atoms with Gasteiger partial charge in [-0.1, -0.05) is 6.07 Å². The number of aromatic nitrogens is 3. The van der Waals surface area contributed by atoms with Gasteiger partial charge in [-0.3, -0.25) is 0 Å². The molecule has 0 aliphatic heterocycles. The predicted molar refractivity (Wildman–Crippen MR) is 121 cm³/mol. The summed E-state index contributed by atoms with van der Waals surface area (Å²) in [4.78, 5) is 6.63. The molecule has 0 bridgehead atoms. The van der Waals surface area contributed by atoms with Crippen LogP contribution in [-0.2, 0) is 7.05 Å².